The van der Waals surface area contributed by atoms with Crippen LogP contribution in [0.5, 0.6) is 0 Å². The van der Waals surface area contributed by atoms with E-state index in [0.29, 0.717) is 29.3 Å². The van der Waals surface area contributed by atoms with E-state index in [0.717, 1.165) is 12.0 Å². The van der Waals surface area contributed by atoms with Gasteiger partial charge in [0.15, 0.2) is 0 Å². The monoisotopic (exact) mass is 435 g/mol. The first-order valence-corrected chi connectivity index (χ1v) is 11.5. The molecule has 4 aromatic rings. The van der Waals surface area contributed by atoms with Crippen molar-refractivity contribution in [3.63, 3.8) is 0 Å². The van der Waals surface area contributed by atoms with E-state index < -0.39 is 0 Å². The van der Waals surface area contributed by atoms with Crippen LogP contribution >= 0.6 is 0 Å². The number of benzene rings is 3. The van der Waals surface area contributed by atoms with Crippen molar-refractivity contribution in [2.45, 2.75) is 31.7 Å². The second kappa shape index (κ2) is 7.69. The van der Waals surface area contributed by atoms with Gasteiger partial charge < -0.3 is 5.32 Å². The fraction of sp³-hybridized carbons (Fsp3) is 0.250. The Bertz CT molecular complexity index is 1410. The molecule has 5 nitrogen and oxygen atoms in total. The first-order chi connectivity index (χ1) is 16.1. The zero-order chi connectivity index (χ0) is 22.5. The molecule has 164 valence electrons. The molecule has 0 saturated carbocycles. The molecule has 3 aromatic carbocycles. The van der Waals surface area contributed by atoms with Crippen LogP contribution in [-0.2, 0) is 11.3 Å². The highest BCUT2D eigenvalue weighted by atomic mass is 16.2. The summed E-state index contributed by atoms with van der Waals surface area (Å²) in [6, 6.07) is 23.0. The third kappa shape index (κ3) is 3.18. The first-order valence-electron chi connectivity index (χ1n) is 11.5. The van der Waals surface area contributed by atoms with Crippen LogP contribution in [-0.4, -0.2) is 22.0 Å². The van der Waals surface area contributed by atoms with Crippen molar-refractivity contribution in [1.29, 1.82) is 0 Å². The topological polar surface area (TPSA) is 64.0 Å². The maximum atomic E-state index is 12.8. The molecule has 3 aliphatic rings. The van der Waals surface area contributed by atoms with Crippen LogP contribution in [0, 0.1) is 12.8 Å². The van der Waals surface area contributed by atoms with Crippen LogP contribution in [0.4, 0.5) is 0 Å². The molecule has 3 aliphatic carbocycles. The molecule has 0 unspecified atom stereocenters. The van der Waals surface area contributed by atoms with Crippen molar-refractivity contribution >= 4 is 16.8 Å². The van der Waals surface area contributed by atoms with Gasteiger partial charge in [0, 0.05) is 18.4 Å². The molecule has 7 rings (SSSR count). The van der Waals surface area contributed by atoms with Crippen molar-refractivity contribution in [2.24, 2.45) is 5.92 Å². The fourth-order valence-corrected chi connectivity index (χ4v) is 5.87. The van der Waals surface area contributed by atoms with Gasteiger partial charge in [0.05, 0.1) is 17.2 Å². The van der Waals surface area contributed by atoms with Crippen LogP contribution in [0.15, 0.2) is 77.9 Å². The van der Waals surface area contributed by atoms with Crippen molar-refractivity contribution in [2.75, 3.05) is 6.54 Å². The molecular weight excluding hydrogens is 410 g/mol. The summed E-state index contributed by atoms with van der Waals surface area (Å²) in [5.74, 6) is 0.836. The number of nitrogens with one attached hydrogen (secondary N) is 1. The predicted octanol–water partition coefficient (Wildman–Crippen LogP) is 4.12. The van der Waals surface area contributed by atoms with E-state index in [9.17, 15) is 9.59 Å². The number of hydrogen-bond acceptors (Lipinski definition) is 3. The standard InChI is InChI=1S/C28H25N3O2/c1-17-7-6-12-23-27(17)30-16-31(28(23)33)15-25(32)29-14-18-13-24-19-8-2-4-10-21(19)26(18)22-11-5-3-9-20(22)24/h2-12,16,18,24,26H,13-15H2,1H3,(H,29,32)/t18-,24?,26?/m0/s1. The van der Waals surface area contributed by atoms with Crippen molar-refractivity contribution < 1.29 is 4.79 Å². The summed E-state index contributed by atoms with van der Waals surface area (Å²) in [4.78, 5) is 30.1. The largest absolute Gasteiger partial charge is 0.354 e. The molecule has 0 saturated heterocycles. The molecule has 5 heteroatoms. The fourth-order valence-electron chi connectivity index (χ4n) is 5.87. The number of nitrogens with zero attached hydrogens (tertiary/aromatic N) is 2. The molecule has 1 N–H and O–H groups in total. The minimum absolute atomic E-state index is 0.0241. The van der Waals surface area contributed by atoms with Gasteiger partial charge in [-0.05, 0) is 53.1 Å². The van der Waals surface area contributed by atoms with Crippen molar-refractivity contribution in [3.8, 4) is 0 Å². The van der Waals surface area contributed by atoms with Gasteiger partial charge in [0.25, 0.3) is 5.56 Å². The summed E-state index contributed by atoms with van der Waals surface area (Å²) in [6.45, 7) is 2.50. The number of rotatable bonds is 4. The second-order valence-electron chi connectivity index (χ2n) is 9.24. The Morgan fingerprint density at radius 1 is 0.970 bits per heavy atom. The summed E-state index contributed by atoms with van der Waals surface area (Å²) in [5, 5.41) is 3.65. The van der Waals surface area contributed by atoms with Crippen molar-refractivity contribution in [3.05, 3.63) is 111 Å². The molecule has 0 spiro atoms. The number of carbonyl (C=O) groups excluding carboxylic acids is 1. The number of amides is 1. The summed E-state index contributed by atoms with van der Waals surface area (Å²) in [5.41, 5.74) is 7.08. The number of carbonyl (C=O) groups is 1. The van der Waals surface area contributed by atoms with Gasteiger partial charge in [0.2, 0.25) is 5.91 Å². The Balaban J connectivity index is 1.22. The summed E-state index contributed by atoms with van der Waals surface area (Å²) in [6.07, 6.45) is 2.50. The second-order valence-corrected chi connectivity index (χ2v) is 9.24. The van der Waals surface area contributed by atoms with Crippen molar-refractivity contribution in [1.82, 2.24) is 14.9 Å². The van der Waals surface area contributed by atoms with Crippen LogP contribution in [0.3, 0.4) is 0 Å². The summed E-state index contributed by atoms with van der Waals surface area (Å²) < 4.78 is 1.40. The lowest BCUT2D eigenvalue weighted by molar-refractivity contribution is -0.122. The first kappa shape index (κ1) is 19.9. The highest BCUT2D eigenvalue weighted by molar-refractivity contribution is 5.81. The summed E-state index contributed by atoms with van der Waals surface area (Å²) >= 11 is 0. The molecular formula is C28H25N3O2. The van der Waals surface area contributed by atoms with Crippen LogP contribution in [0.25, 0.3) is 10.9 Å². The zero-order valence-electron chi connectivity index (χ0n) is 18.5. The van der Waals surface area contributed by atoms with Crippen LogP contribution < -0.4 is 10.9 Å². The van der Waals surface area contributed by atoms with E-state index in [1.54, 1.807) is 6.07 Å². The molecule has 33 heavy (non-hydrogen) atoms. The average Bonchev–Trinajstić information content (AvgIpc) is 2.85. The van der Waals surface area contributed by atoms with E-state index in [4.69, 9.17) is 0 Å². The lowest BCUT2D eigenvalue weighted by atomic mass is 9.59. The Hall–Kier alpha value is -3.73. The predicted molar refractivity (Wildman–Crippen MR) is 128 cm³/mol. The molecule has 0 aliphatic heterocycles. The number of fused-ring (bicyclic) bond motifs is 2. The SMILES string of the molecule is Cc1cccc2c(=O)n(CC(=O)NC[C@@H]3CC4c5ccccc5C3c3ccccc34)cnc12. The highest BCUT2D eigenvalue weighted by Gasteiger charge is 2.42. The lowest BCUT2D eigenvalue weighted by Crippen LogP contribution is -2.41. The lowest BCUT2D eigenvalue weighted by Gasteiger charge is -2.45. The molecule has 1 heterocycles. The smallest absolute Gasteiger partial charge is 0.261 e. The minimum atomic E-state index is -0.182. The average molecular weight is 436 g/mol. The van der Waals surface area contributed by atoms with E-state index in [2.05, 4.69) is 58.8 Å². The zero-order valence-corrected chi connectivity index (χ0v) is 18.5. The minimum Gasteiger partial charge on any atom is -0.354 e. The summed E-state index contributed by atoms with van der Waals surface area (Å²) in [7, 11) is 0. The Labute approximate surface area is 192 Å². The van der Waals surface area contributed by atoms with E-state index in [1.807, 2.05) is 19.1 Å². The van der Waals surface area contributed by atoms with Crippen LogP contribution in [0.1, 0.15) is 46.1 Å². The van der Waals surface area contributed by atoms with E-state index >= 15 is 0 Å². The van der Waals surface area contributed by atoms with Gasteiger partial charge in [-0.25, -0.2) is 4.98 Å². The maximum Gasteiger partial charge on any atom is 0.261 e. The third-order valence-corrected chi connectivity index (χ3v) is 7.35. The molecule has 1 aromatic heterocycles. The number of aromatic nitrogens is 2. The van der Waals surface area contributed by atoms with E-state index in [-0.39, 0.29) is 23.9 Å². The third-order valence-electron chi connectivity index (χ3n) is 7.35. The number of aryl methyl sites for hydroxylation is 1. The van der Waals surface area contributed by atoms with Gasteiger partial charge in [-0.15, -0.1) is 0 Å². The van der Waals surface area contributed by atoms with Gasteiger partial charge in [-0.3, -0.25) is 14.2 Å². The van der Waals surface area contributed by atoms with Crippen LogP contribution in [0.2, 0.25) is 0 Å². The Morgan fingerprint density at radius 2 is 1.64 bits per heavy atom. The van der Waals surface area contributed by atoms with Gasteiger partial charge in [-0.1, -0.05) is 60.7 Å². The number of hydrogen-bond donors (Lipinski definition) is 1. The molecule has 1 amide bonds. The molecule has 1 atom stereocenters. The quantitative estimate of drug-likeness (QED) is 0.525. The molecule has 0 radical (unpaired) electrons. The Morgan fingerprint density at radius 3 is 2.33 bits per heavy atom. The van der Waals surface area contributed by atoms with E-state index in [1.165, 1.54) is 33.1 Å². The van der Waals surface area contributed by atoms with Gasteiger partial charge in [0.1, 0.15) is 6.54 Å². The normalized spacial score (nSPS) is 20.3. The Kier molecular flexibility index (Phi) is 4.64. The van der Waals surface area contributed by atoms with Gasteiger partial charge in [-0.2, -0.15) is 0 Å². The highest BCUT2D eigenvalue weighted by Crippen LogP contribution is 2.55. The number of para-hydroxylation sites is 1. The molecule has 0 fully saturated rings. The maximum absolute atomic E-state index is 12.8. The molecule has 2 bridgehead atoms. The van der Waals surface area contributed by atoms with Gasteiger partial charge >= 0.3 is 0 Å².